The van der Waals surface area contributed by atoms with Crippen molar-refractivity contribution in [3.05, 3.63) is 99.6 Å². The summed E-state index contributed by atoms with van der Waals surface area (Å²) in [7, 11) is 0. The maximum atomic E-state index is 13.8. The lowest BCUT2D eigenvalue weighted by atomic mass is 9.54. The van der Waals surface area contributed by atoms with Crippen molar-refractivity contribution in [2.75, 3.05) is 4.90 Å². The minimum absolute atomic E-state index is 0.105. The zero-order chi connectivity index (χ0) is 21.4. The topological polar surface area (TPSA) is 37.4 Å². The Morgan fingerprint density at radius 2 is 1.29 bits per heavy atom. The molecule has 4 atom stereocenters. The van der Waals surface area contributed by atoms with Crippen LogP contribution in [0.4, 0.5) is 5.69 Å². The van der Waals surface area contributed by atoms with Gasteiger partial charge in [-0.1, -0.05) is 80.0 Å². The third-order valence-electron chi connectivity index (χ3n) is 7.32. The first-order valence-electron chi connectivity index (χ1n) is 10.8. The first kappa shape index (κ1) is 18.8. The normalized spacial score (nSPS) is 25.6. The third-order valence-corrected chi connectivity index (χ3v) is 7.64. The summed E-state index contributed by atoms with van der Waals surface area (Å²) in [5.41, 5.74) is 6.52. The smallest absolute Gasteiger partial charge is 0.238 e. The molecule has 0 spiro atoms. The summed E-state index contributed by atoms with van der Waals surface area (Å²) in [6, 6.07) is 22.1. The zero-order valence-corrected chi connectivity index (χ0v) is 18.1. The van der Waals surface area contributed by atoms with Gasteiger partial charge >= 0.3 is 0 Å². The summed E-state index contributed by atoms with van der Waals surface area (Å²) in [5.74, 6) is -0.855. The number of benzene rings is 3. The Balaban J connectivity index is 1.58. The standard InChI is InChI=1S/C27H22ClNO2/c1-14(2)15-11-12-18-19(13-15)23-17-8-4-3-7-16(17)22(18)24-25(23)27(31)29(26(24)30)21-10-6-5-9-20(21)28/h3-14,22-25H,1-2H3/t22-,23-,24+,25-/m1/s1. The summed E-state index contributed by atoms with van der Waals surface area (Å²) >= 11 is 6.41. The van der Waals surface area contributed by atoms with Crippen molar-refractivity contribution >= 4 is 29.1 Å². The molecule has 2 bridgehead atoms. The maximum absolute atomic E-state index is 13.8. The predicted octanol–water partition coefficient (Wildman–Crippen LogP) is 5.86. The second-order valence-corrected chi connectivity index (χ2v) is 9.55. The Bertz CT molecular complexity index is 1260. The summed E-state index contributed by atoms with van der Waals surface area (Å²) in [4.78, 5) is 28.9. The molecule has 154 valence electrons. The van der Waals surface area contributed by atoms with Crippen molar-refractivity contribution in [2.45, 2.75) is 31.6 Å². The molecule has 0 unspecified atom stereocenters. The quantitative estimate of drug-likeness (QED) is 0.480. The number of nitrogens with zero attached hydrogens (tertiary/aromatic N) is 1. The van der Waals surface area contributed by atoms with Gasteiger partial charge in [-0.15, -0.1) is 0 Å². The molecule has 1 fully saturated rings. The molecule has 1 heterocycles. The van der Waals surface area contributed by atoms with Crippen LogP contribution >= 0.6 is 11.6 Å². The van der Waals surface area contributed by atoms with E-state index in [-0.39, 0.29) is 29.6 Å². The van der Waals surface area contributed by atoms with Crippen LogP contribution in [0.25, 0.3) is 0 Å². The van der Waals surface area contributed by atoms with E-state index < -0.39 is 5.92 Å². The van der Waals surface area contributed by atoms with Crippen LogP contribution in [-0.2, 0) is 9.59 Å². The van der Waals surface area contributed by atoms with Gasteiger partial charge in [-0.25, -0.2) is 4.90 Å². The molecule has 1 saturated heterocycles. The minimum Gasteiger partial charge on any atom is -0.274 e. The molecular formula is C27H22ClNO2. The van der Waals surface area contributed by atoms with Crippen molar-refractivity contribution in [3.8, 4) is 0 Å². The predicted molar refractivity (Wildman–Crippen MR) is 122 cm³/mol. The van der Waals surface area contributed by atoms with Gasteiger partial charge in [-0.3, -0.25) is 9.59 Å². The fourth-order valence-corrected chi connectivity index (χ4v) is 6.20. The first-order valence-corrected chi connectivity index (χ1v) is 11.2. The number of carbonyl (C=O) groups is 2. The number of imide groups is 1. The van der Waals surface area contributed by atoms with Gasteiger partial charge in [-0.05, 0) is 45.9 Å². The van der Waals surface area contributed by atoms with Crippen molar-refractivity contribution in [3.63, 3.8) is 0 Å². The monoisotopic (exact) mass is 427 g/mol. The van der Waals surface area contributed by atoms with Crippen molar-refractivity contribution in [1.29, 1.82) is 0 Å². The molecule has 4 aliphatic rings. The molecule has 0 radical (unpaired) electrons. The van der Waals surface area contributed by atoms with Crippen molar-refractivity contribution < 1.29 is 9.59 Å². The highest BCUT2D eigenvalue weighted by atomic mass is 35.5. The third kappa shape index (κ3) is 2.41. The van der Waals surface area contributed by atoms with Crippen LogP contribution in [0.5, 0.6) is 0 Å². The maximum Gasteiger partial charge on any atom is 0.238 e. The van der Waals surface area contributed by atoms with E-state index >= 15 is 0 Å². The summed E-state index contributed by atoms with van der Waals surface area (Å²) in [6.45, 7) is 4.37. The molecule has 3 aliphatic carbocycles. The van der Waals surface area contributed by atoms with Gasteiger partial charge in [0.2, 0.25) is 11.8 Å². The van der Waals surface area contributed by atoms with Crippen LogP contribution in [0.3, 0.4) is 0 Å². The van der Waals surface area contributed by atoms with Crippen LogP contribution in [-0.4, -0.2) is 11.8 Å². The largest absolute Gasteiger partial charge is 0.274 e. The van der Waals surface area contributed by atoms with Gasteiger partial charge < -0.3 is 0 Å². The first-order chi connectivity index (χ1) is 15.0. The number of para-hydroxylation sites is 1. The van der Waals surface area contributed by atoms with Gasteiger partial charge in [0, 0.05) is 11.8 Å². The molecule has 2 amide bonds. The van der Waals surface area contributed by atoms with Crippen LogP contribution in [0.1, 0.15) is 59.4 Å². The molecule has 31 heavy (non-hydrogen) atoms. The molecule has 0 saturated carbocycles. The van der Waals surface area contributed by atoms with Gasteiger partial charge in [-0.2, -0.15) is 0 Å². The lowest BCUT2D eigenvalue weighted by Crippen LogP contribution is -2.41. The Labute approximate surface area is 186 Å². The fourth-order valence-electron chi connectivity index (χ4n) is 5.98. The van der Waals surface area contributed by atoms with Gasteiger partial charge in [0.15, 0.2) is 0 Å². The number of hydrogen-bond donors (Lipinski definition) is 0. The lowest BCUT2D eigenvalue weighted by molar-refractivity contribution is -0.122. The molecule has 7 rings (SSSR count). The van der Waals surface area contributed by atoms with Crippen LogP contribution in [0.2, 0.25) is 5.02 Å². The van der Waals surface area contributed by atoms with E-state index in [1.54, 1.807) is 12.1 Å². The SMILES string of the molecule is CC(C)c1ccc2c(c1)[C@H]1c3ccccc3[C@H]2[C@@H]2C(=O)N(c3ccccc3Cl)C(=O)[C@H]12. The minimum atomic E-state index is -0.390. The highest BCUT2D eigenvalue weighted by Crippen LogP contribution is 2.61. The summed E-state index contributed by atoms with van der Waals surface area (Å²) in [6.07, 6.45) is 0. The molecule has 3 aromatic rings. The van der Waals surface area contributed by atoms with E-state index in [1.807, 2.05) is 24.3 Å². The Morgan fingerprint density at radius 3 is 1.90 bits per heavy atom. The summed E-state index contributed by atoms with van der Waals surface area (Å²) < 4.78 is 0. The zero-order valence-electron chi connectivity index (χ0n) is 17.4. The molecule has 0 aromatic heterocycles. The van der Waals surface area contributed by atoms with Crippen molar-refractivity contribution in [2.24, 2.45) is 11.8 Å². The average molecular weight is 428 g/mol. The van der Waals surface area contributed by atoms with E-state index in [0.29, 0.717) is 16.6 Å². The molecule has 3 nitrogen and oxygen atoms in total. The Morgan fingerprint density at radius 1 is 0.742 bits per heavy atom. The number of hydrogen-bond acceptors (Lipinski definition) is 2. The molecule has 1 aliphatic heterocycles. The Kier molecular flexibility index (Phi) is 3.97. The van der Waals surface area contributed by atoms with Crippen LogP contribution in [0.15, 0.2) is 66.7 Å². The van der Waals surface area contributed by atoms with E-state index in [0.717, 1.165) is 0 Å². The Hall–Kier alpha value is -2.91. The molecule has 3 aromatic carbocycles. The highest BCUT2D eigenvalue weighted by molar-refractivity contribution is 6.36. The lowest BCUT2D eigenvalue weighted by Gasteiger charge is -2.46. The van der Waals surface area contributed by atoms with E-state index in [4.69, 9.17) is 11.6 Å². The second-order valence-electron chi connectivity index (χ2n) is 9.14. The van der Waals surface area contributed by atoms with E-state index in [2.05, 4.69) is 44.2 Å². The molecular weight excluding hydrogens is 406 g/mol. The van der Waals surface area contributed by atoms with Gasteiger partial charge in [0.25, 0.3) is 0 Å². The molecule has 0 N–H and O–H groups in total. The number of amides is 2. The number of halogens is 1. The van der Waals surface area contributed by atoms with Crippen LogP contribution in [0, 0.1) is 11.8 Å². The van der Waals surface area contributed by atoms with Crippen molar-refractivity contribution in [1.82, 2.24) is 0 Å². The van der Waals surface area contributed by atoms with E-state index in [9.17, 15) is 9.59 Å². The van der Waals surface area contributed by atoms with E-state index in [1.165, 1.54) is 32.7 Å². The van der Waals surface area contributed by atoms with Gasteiger partial charge in [0.05, 0.1) is 22.5 Å². The molecule has 4 heteroatoms. The average Bonchev–Trinajstić information content (AvgIpc) is 3.04. The number of rotatable bonds is 2. The number of carbonyl (C=O) groups excluding carboxylic acids is 2. The second kappa shape index (κ2) is 6.54. The summed E-state index contributed by atoms with van der Waals surface area (Å²) in [5, 5.41) is 0.423. The highest BCUT2D eigenvalue weighted by Gasteiger charge is 2.62. The van der Waals surface area contributed by atoms with Gasteiger partial charge in [0.1, 0.15) is 0 Å². The number of anilines is 1. The fraction of sp³-hybridized carbons (Fsp3) is 0.259. The van der Waals surface area contributed by atoms with Crippen LogP contribution < -0.4 is 4.90 Å².